The number of halogens is 2. The van der Waals surface area contributed by atoms with E-state index in [1.165, 1.54) is 12.8 Å². The minimum Gasteiger partial charge on any atom is -0.367 e. The third-order valence-corrected chi connectivity index (χ3v) is 6.24. The first-order valence-corrected chi connectivity index (χ1v) is 8.48. The summed E-state index contributed by atoms with van der Waals surface area (Å²) < 4.78 is 6.36. The summed E-state index contributed by atoms with van der Waals surface area (Å²) in [6.45, 7) is 13.1. The number of alkyl halides is 2. The van der Waals surface area contributed by atoms with Crippen LogP contribution in [0.3, 0.4) is 0 Å². The van der Waals surface area contributed by atoms with Gasteiger partial charge in [0.2, 0.25) is 0 Å². The topological polar surface area (TPSA) is 9.23 Å². The first-order chi connectivity index (χ1) is 7.67. The van der Waals surface area contributed by atoms with E-state index in [9.17, 15) is 0 Å². The van der Waals surface area contributed by atoms with Crippen molar-refractivity contribution >= 4 is 31.9 Å². The standard InChI is InChI=1S/C14H28Br2O/c1-7-9-11(15)13(3,4)17-14(5,6)12(16)10-8-2/h11-12H,7-10H2,1-6H3. The molecule has 0 aliphatic carbocycles. The highest BCUT2D eigenvalue weighted by molar-refractivity contribution is 9.09. The fourth-order valence-electron chi connectivity index (χ4n) is 2.01. The Labute approximate surface area is 124 Å². The van der Waals surface area contributed by atoms with Gasteiger partial charge in [0.25, 0.3) is 0 Å². The summed E-state index contributed by atoms with van der Waals surface area (Å²) in [7, 11) is 0. The average molecular weight is 372 g/mol. The van der Waals surface area contributed by atoms with Gasteiger partial charge in [-0.25, -0.2) is 0 Å². The van der Waals surface area contributed by atoms with E-state index in [1.54, 1.807) is 0 Å². The second-order valence-corrected chi connectivity index (χ2v) is 8.03. The zero-order chi connectivity index (χ0) is 13.7. The fraction of sp³-hybridized carbons (Fsp3) is 1.00. The smallest absolute Gasteiger partial charge is 0.0758 e. The summed E-state index contributed by atoms with van der Waals surface area (Å²) in [5.74, 6) is 0. The van der Waals surface area contributed by atoms with Crippen molar-refractivity contribution in [2.75, 3.05) is 0 Å². The molecule has 0 aliphatic heterocycles. The quantitative estimate of drug-likeness (QED) is 0.498. The van der Waals surface area contributed by atoms with Crippen molar-refractivity contribution in [2.24, 2.45) is 0 Å². The van der Waals surface area contributed by atoms with Gasteiger partial charge in [-0.2, -0.15) is 0 Å². The van der Waals surface area contributed by atoms with Gasteiger partial charge in [0.1, 0.15) is 0 Å². The lowest BCUT2D eigenvalue weighted by Gasteiger charge is -2.41. The number of hydrogen-bond donors (Lipinski definition) is 0. The molecule has 0 aromatic heterocycles. The molecular formula is C14H28Br2O. The van der Waals surface area contributed by atoms with Crippen LogP contribution in [0.1, 0.15) is 67.2 Å². The molecule has 1 nitrogen and oxygen atoms in total. The van der Waals surface area contributed by atoms with Crippen LogP contribution in [0.5, 0.6) is 0 Å². The van der Waals surface area contributed by atoms with Crippen LogP contribution in [0, 0.1) is 0 Å². The largest absolute Gasteiger partial charge is 0.367 e. The molecule has 0 rings (SSSR count). The molecule has 0 aliphatic rings. The van der Waals surface area contributed by atoms with E-state index < -0.39 is 0 Å². The normalized spacial score (nSPS) is 16.9. The number of hydrogen-bond acceptors (Lipinski definition) is 1. The van der Waals surface area contributed by atoms with Gasteiger partial charge in [-0.3, -0.25) is 0 Å². The van der Waals surface area contributed by atoms with E-state index in [0.29, 0.717) is 9.65 Å². The third-order valence-electron chi connectivity index (χ3n) is 3.12. The molecule has 0 aromatic rings. The Balaban J connectivity index is 4.56. The summed E-state index contributed by atoms with van der Waals surface area (Å²) in [5.41, 5.74) is -0.279. The van der Waals surface area contributed by atoms with Crippen molar-refractivity contribution in [3.8, 4) is 0 Å². The summed E-state index contributed by atoms with van der Waals surface area (Å²) in [5, 5.41) is 0. The van der Waals surface area contributed by atoms with Crippen LogP contribution in [-0.4, -0.2) is 20.9 Å². The van der Waals surface area contributed by atoms with E-state index in [4.69, 9.17) is 4.74 Å². The summed E-state index contributed by atoms with van der Waals surface area (Å²) in [4.78, 5) is 0.807. The molecule has 0 spiro atoms. The van der Waals surface area contributed by atoms with Gasteiger partial charge >= 0.3 is 0 Å². The summed E-state index contributed by atoms with van der Waals surface area (Å²) in [6.07, 6.45) is 4.64. The lowest BCUT2D eigenvalue weighted by Crippen LogP contribution is -2.47. The molecule has 0 bridgehead atoms. The second-order valence-electron chi connectivity index (χ2n) is 5.82. The van der Waals surface area contributed by atoms with Gasteiger partial charge in [0, 0.05) is 9.65 Å². The van der Waals surface area contributed by atoms with Crippen LogP contribution < -0.4 is 0 Å². The Bertz CT molecular complexity index is 192. The van der Waals surface area contributed by atoms with E-state index in [2.05, 4.69) is 73.4 Å². The van der Waals surface area contributed by atoms with E-state index in [1.807, 2.05) is 0 Å². The third kappa shape index (κ3) is 6.07. The van der Waals surface area contributed by atoms with Gasteiger partial charge in [-0.15, -0.1) is 0 Å². The maximum absolute atomic E-state index is 6.36. The Kier molecular flexibility index (Phi) is 7.90. The minimum absolute atomic E-state index is 0.140. The highest BCUT2D eigenvalue weighted by Crippen LogP contribution is 2.35. The molecule has 2 unspecified atom stereocenters. The van der Waals surface area contributed by atoms with Crippen molar-refractivity contribution in [3.63, 3.8) is 0 Å². The predicted octanol–water partition coefficient (Wildman–Crippen LogP) is 5.69. The van der Waals surface area contributed by atoms with Gasteiger partial charge < -0.3 is 4.74 Å². The molecule has 0 aromatic carbocycles. The van der Waals surface area contributed by atoms with Crippen LogP contribution in [0.25, 0.3) is 0 Å². The molecule has 0 heterocycles. The lowest BCUT2D eigenvalue weighted by molar-refractivity contribution is -0.122. The fourth-order valence-corrected chi connectivity index (χ4v) is 3.11. The highest BCUT2D eigenvalue weighted by Gasteiger charge is 2.37. The molecule has 0 saturated carbocycles. The van der Waals surface area contributed by atoms with Crippen LogP contribution in [0.15, 0.2) is 0 Å². The van der Waals surface area contributed by atoms with Crippen molar-refractivity contribution in [3.05, 3.63) is 0 Å². The lowest BCUT2D eigenvalue weighted by atomic mass is 9.96. The van der Waals surface area contributed by atoms with Crippen molar-refractivity contribution in [1.29, 1.82) is 0 Å². The van der Waals surface area contributed by atoms with Crippen LogP contribution in [0.2, 0.25) is 0 Å². The minimum atomic E-state index is -0.140. The van der Waals surface area contributed by atoms with Crippen molar-refractivity contribution in [1.82, 2.24) is 0 Å². The van der Waals surface area contributed by atoms with Crippen molar-refractivity contribution < 1.29 is 4.74 Å². The first-order valence-electron chi connectivity index (χ1n) is 6.65. The molecule has 104 valence electrons. The zero-order valence-corrected chi connectivity index (χ0v) is 15.3. The monoisotopic (exact) mass is 370 g/mol. The van der Waals surface area contributed by atoms with Gasteiger partial charge in [-0.1, -0.05) is 58.5 Å². The van der Waals surface area contributed by atoms with E-state index in [0.717, 1.165) is 12.8 Å². The van der Waals surface area contributed by atoms with Crippen molar-refractivity contribution in [2.45, 2.75) is 88.1 Å². The molecule has 0 saturated heterocycles. The van der Waals surface area contributed by atoms with Crippen LogP contribution in [0.4, 0.5) is 0 Å². The maximum atomic E-state index is 6.36. The SMILES string of the molecule is CCCC(Br)C(C)(C)OC(C)(C)C(Br)CCC. The van der Waals surface area contributed by atoms with Gasteiger partial charge in [0.05, 0.1) is 11.2 Å². The highest BCUT2D eigenvalue weighted by atomic mass is 79.9. The van der Waals surface area contributed by atoms with Gasteiger partial charge in [-0.05, 0) is 40.5 Å². The zero-order valence-electron chi connectivity index (χ0n) is 12.1. The first kappa shape index (κ1) is 17.9. The van der Waals surface area contributed by atoms with Gasteiger partial charge in [0.15, 0.2) is 0 Å². The second kappa shape index (κ2) is 7.49. The molecule has 2 atom stereocenters. The molecule has 0 amide bonds. The Morgan fingerprint density at radius 2 is 1.12 bits per heavy atom. The molecule has 3 heteroatoms. The van der Waals surface area contributed by atoms with Crippen LogP contribution >= 0.6 is 31.9 Å². The summed E-state index contributed by atoms with van der Waals surface area (Å²) >= 11 is 7.52. The maximum Gasteiger partial charge on any atom is 0.0758 e. The van der Waals surface area contributed by atoms with E-state index in [-0.39, 0.29) is 11.2 Å². The summed E-state index contributed by atoms with van der Waals surface area (Å²) in [6, 6.07) is 0. The predicted molar refractivity (Wildman–Crippen MR) is 84.5 cm³/mol. The number of ether oxygens (including phenoxy) is 1. The molecular weight excluding hydrogens is 344 g/mol. The molecule has 17 heavy (non-hydrogen) atoms. The van der Waals surface area contributed by atoms with E-state index >= 15 is 0 Å². The Hall–Kier alpha value is 0.920. The molecule has 0 fully saturated rings. The Morgan fingerprint density at radius 3 is 1.35 bits per heavy atom. The molecule has 0 N–H and O–H groups in total. The Morgan fingerprint density at radius 1 is 0.824 bits per heavy atom. The molecule has 0 radical (unpaired) electrons. The van der Waals surface area contributed by atoms with Crippen LogP contribution in [-0.2, 0) is 4.74 Å². The average Bonchev–Trinajstić information content (AvgIpc) is 2.16. The number of rotatable bonds is 8.